The summed E-state index contributed by atoms with van der Waals surface area (Å²) >= 11 is 3.42. The molecule has 0 unspecified atom stereocenters. The van der Waals surface area contributed by atoms with E-state index in [1.807, 2.05) is 31.2 Å². The van der Waals surface area contributed by atoms with Crippen molar-refractivity contribution in [1.82, 2.24) is 9.97 Å². The molecule has 2 aromatic rings. The lowest BCUT2D eigenvalue weighted by Gasteiger charge is -2.12. The molecule has 0 saturated heterocycles. The number of nitrogens with one attached hydrogen (secondary N) is 2. The summed E-state index contributed by atoms with van der Waals surface area (Å²) < 4.78 is 1.06. The van der Waals surface area contributed by atoms with E-state index in [-0.39, 0.29) is 0 Å². The van der Waals surface area contributed by atoms with Crippen LogP contribution in [0.15, 0.2) is 35.1 Å². The Hall–Kier alpha value is -1.62. The van der Waals surface area contributed by atoms with Crippen molar-refractivity contribution >= 4 is 33.3 Å². The van der Waals surface area contributed by atoms with Crippen molar-refractivity contribution in [1.29, 1.82) is 0 Å². The Kier molecular flexibility index (Phi) is 4.74. The van der Waals surface area contributed by atoms with Crippen LogP contribution >= 0.6 is 15.9 Å². The normalized spacial score (nSPS) is 10.3. The van der Waals surface area contributed by atoms with E-state index in [1.165, 1.54) is 0 Å². The lowest BCUT2D eigenvalue weighted by Crippen LogP contribution is -2.06. The molecular formula is C14H17BrN4. The van der Waals surface area contributed by atoms with E-state index in [0.717, 1.165) is 40.3 Å². The van der Waals surface area contributed by atoms with Gasteiger partial charge in [0.15, 0.2) is 0 Å². The highest BCUT2D eigenvalue weighted by atomic mass is 79.9. The molecule has 2 rings (SSSR count). The summed E-state index contributed by atoms with van der Waals surface area (Å²) in [5.41, 5.74) is 2.03. The number of aromatic nitrogens is 2. The first-order chi connectivity index (χ1) is 9.20. The van der Waals surface area contributed by atoms with Crippen molar-refractivity contribution in [3.05, 3.63) is 40.6 Å². The number of hydrogen-bond donors (Lipinski definition) is 2. The van der Waals surface area contributed by atoms with Gasteiger partial charge in [0.05, 0.1) is 0 Å². The zero-order valence-corrected chi connectivity index (χ0v) is 12.7. The molecule has 0 amide bonds. The van der Waals surface area contributed by atoms with E-state index in [4.69, 9.17) is 0 Å². The monoisotopic (exact) mass is 320 g/mol. The van der Waals surface area contributed by atoms with Gasteiger partial charge in [0.1, 0.15) is 18.0 Å². The quantitative estimate of drug-likeness (QED) is 0.870. The highest BCUT2D eigenvalue weighted by Gasteiger charge is 2.06. The average molecular weight is 321 g/mol. The molecule has 2 N–H and O–H groups in total. The van der Waals surface area contributed by atoms with Crippen LogP contribution in [0.25, 0.3) is 0 Å². The maximum absolute atomic E-state index is 4.29. The second kappa shape index (κ2) is 6.52. The van der Waals surface area contributed by atoms with Crippen molar-refractivity contribution in [2.24, 2.45) is 0 Å². The van der Waals surface area contributed by atoms with E-state index in [1.54, 1.807) is 6.33 Å². The molecule has 4 nitrogen and oxygen atoms in total. The molecule has 1 aromatic heterocycles. The third-order valence-corrected chi connectivity index (χ3v) is 3.26. The molecule has 0 radical (unpaired) electrons. The molecule has 0 saturated carbocycles. The number of hydrogen-bond acceptors (Lipinski definition) is 4. The fourth-order valence-electron chi connectivity index (χ4n) is 1.67. The minimum atomic E-state index is 0.830. The first-order valence-electron chi connectivity index (χ1n) is 6.28. The van der Waals surface area contributed by atoms with E-state index in [9.17, 15) is 0 Å². The van der Waals surface area contributed by atoms with Gasteiger partial charge in [-0.2, -0.15) is 0 Å². The summed E-state index contributed by atoms with van der Waals surface area (Å²) in [7, 11) is 0. The van der Waals surface area contributed by atoms with Crippen LogP contribution in [-0.2, 0) is 0 Å². The minimum absolute atomic E-state index is 0.830. The summed E-state index contributed by atoms with van der Waals surface area (Å²) in [6, 6.07) is 8.00. The van der Waals surface area contributed by atoms with Crippen LogP contribution in [0, 0.1) is 6.92 Å². The molecule has 0 aliphatic carbocycles. The summed E-state index contributed by atoms with van der Waals surface area (Å²) in [4.78, 5) is 8.55. The van der Waals surface area contributed by atoms with Gasteiger partial charge in [-0.1, -0.05) is 22.9 Å². The molecule has 0 spiro atoms. The molecule has 0 atom stereocenters. The lowest BCUT2D eigenvalue weighted by molar-refractivity contribution is 0.960. The molecular weight excluding hydrogens is 304 g/mol. The van der Waals surface area contributed by atoms with Crippen LogP contribution < -0.4 is 10.6 Å². The van der Waals surface area contributed by atoms with Crippen LogP contribution in [0.1, 0.15) is 18.9 Å². The first kappa shape index (κ1) is 13.8. The van der Waals surface area contributed by atoms with Gasteiger partial charge in [-0.3, -0.25) is 0 Å². The lowest BCUT2D eigenvalue weighted by atomic mass is 10.2. The van der Waals surface area contributed by atoms with Gasteiger partial charge in [0.2, 0.25) is 0 Å². The average Bonchev–Trinajstić information content (AvgIpc) is 2.42. The van der Waals surface area contributed by atoms with Crippen molar-refractivity contribution in [2.75, 3.05) is 17.2 Å². The number of nitrogens with zero attached hydrogens (tertiary/aromatic N) is 2. The summed E-state index contributed by atoms with van der Waals surface area (Å²) in [5, 5.41) is 6.60. The van der Waals surface area contributed by atoms with Crippen LogP contribution in [0.2, 0.25) is 0 Å². The van der Waals surface area contributed by atoms with Crippen LogP contribution in [0.5, 0.6) is 0 Å². The highest BCUT2D eigenvalue weighted by molar-refractivity contribution is 9.10. The minimum Gasteiger partial charge on any atom is -0.370 e. The van der Waals surface area contributed by atoms with Gasteiger partial charge in [0, 0.05) is 22.3 Å². The van der Waals surface area contributed by atoms with Gasteiger partial charge in [0.25, 0.3) is 0 Å². The van der Waals surface area contributed by atoms with Gasteiger partial charge >= 0.3 is 0 Å². The van der Waals surface area contributed by atoms with E-state index < -0.39 is 0 Å². The maximum Gasteiger partial charge on any atom is 0.138 e. The topological polar surface area (TPSA) is 49.8 Å². The Bertz CT molecular complexity index is 540. The number of benzene rings is 1. The van der Waals surface area contributed by atoms with E-state index in [0.29, 0.717) is 0 Å². The Morgan fingerprint density at radius 2 is 1.79 bits per heavy atom. The van der Waals surface area contributed by atoms with Gasteiger partial charge < -0.3 is 10.6 Å². The number of rotatable bonds is 5. The van der Waals surface area contributed by atoms with Crippen molar-refractivity contribution in [3.8, 4) is 0 Å². The molecule has 0 aliphatic rings. The molecule has 0 fully saturated rings. The second-order valence-corrected chi connectivity index (χ2v) is 5.17. The molecule has 0 bridgehead atoms. The van der Waals surface area contributed by atoms with E-state index >= 15 is 0 Å². The van der Waals surface area contributed by atoms with Gasteiger partial charge in [-0.25, -0.2) is 9.97 Å². The molecule has 1 aromatic carbocycles. The molecule has 19 heavy (non-hydrogen) atoms. The predicted octanol–water partition coefficient (Wildman–Crippen LogP) is 4.11. The summed E-state index contributed by atoms with van der Waals surface area (Å²) in [6.07, 6.45) is 2.64. The van der Waals surface area contributed by atoms with Crippen molar-refractivity contribution in [2.45, 2.75) is 20.3 Å². The zero-order valence-electron chi connectivity index (χ0n) is 11.1. The number of anilines is 3. The fraction of sp³-hybridized carbons (Fsp3) is 0.286. The van der Waals surface area contributed by atoms with Gasteiger partial charge in [-0.15, -0.1) is 0 Å². The van der Waals surface area contributed by atoms with Crippen molar-refractivity contribution in [3.63, 3.8) is 0 Å². The summed E-state index contributed by atoms with van der Waals surface area (Å²) in [6.45, 7) is 5.05. The Morgan fingerprint density at radius 1 is 1.11 bits per heavy atom. The smallest absolute Gasteiger partial charge is 0.138 e. The van der Waals surface area contributed by atoms with Crippen LogP contribution in [-0.4, -0.2) is 16.5 Å². The van der Waals surface area contributed by atoms with Crippen LogP contribution in [0.4, 0.5) is 17.3 Å². The first-order valence-corrected chi connectivity index (χ1v) is 7.08. The Labute approximate surface area is 121 Å². The van der Waals surface area contributed by atoms with Crippen LogP contribution in [0.3, 0.4) is 0 Å². The van der Waals surface area contributed by atoms with Gasteiger partial charge in [-0.05, 0) is 37.6 Å². The Morgan fingerprint density at radius 3 is 2.47 bits per heavy atom. The maximum atomic E-state index is 4.29. The highest BCUT2D eigenvalue weighted by Crippen LogP contribution is 2.23. The molecule has 5 heteroatoms. The number of halogens is 1. The standard InChI is InChI=1S/C14H17BrN4/c1-3-8-16-13-10(2)14(18-9-17-13)19-12-6-4-11(15)5-7-12/h4-7,9H,3,8H2,1-2H3,(H2,16,17,18,19). The third kappa shape index (κ3) is 3.67. The summed E-state index contributed by atoms with van der Waals surface area (Å²) in [5.74, 6) is 1.72. The molecule has 1 heterocycles. The molecule has 100 valence electrons. The fourth-order valence-corrected chi connectivity index (χ4v) is 1.93. The SMILES string of the molecule is CCCNc1ncnc(Nc2ccc(Br)cc2)c1C. The van der Waals surface area contributed by atoms with Crippen molar-refractivity contribution < 1.29 is 0 Å². The zero-order chi connectivity index (χ0) is 13.7. The van der Waals surface area contributed by atoms with E-state index in [2.05, 4.69) is 43.5 Å². The molecule has 0 aliphatic heterocycles. The third-order valence-electron chi connectivity index (χ3n) is 2.73. The second-order valence-electron chi connectivity index (χ2n) is 4.25. The largest absolute Gasteiger partial charge is 0.370 e. The predicted molar refractivity (Wildman–Crippen MR) is 83.0 cm³/mol. The Balaban J connectivity index is 2.18.